The third-order valence-electron chi connectivity index (χ3n) is 4.62. The van der Waals surface area contributed by atoms with Gasteiger partial charge in [0.15, 0.2) is 18.1 Å². The van der Waals surface area contributed by atoms with Crippen LogP contribution in [0.25, 0.3) is 0 Å². The smallest absolute Gasteiger partial charge is 0.338 e. The zero-order valence-electron chi connectivity index (χ0n) is 16.7. The number of nitrogens with one attached hydrogen (secondary N) is 1. The van der Waals surface area contributed by atoms with Crippen molar-refractivity contribution in [3.8, 4) is 11.5 Å². The molecule has 0 saturated carbocycles. The quantitative estimate of drug-likeness (QED) is 0.347. The molecule has 0 bridgehead atoms. The summed E-state index contributed by atoms with van der Waals surface area (Å²) in [4.78, 5) is 48.9. The van der Waals surface area contributed by atoms with Gasteiger partial charge >= 0.3 is 5.97 Å². The molecular weight excluding hydrogens is 414 g/mol. The maximum Gasteiger partial charge on any atom is 0.338 e. The van der Waals surface area contributed by atoms with Crippen molar-refractivity contribution in [2.24, 2.45) is 0 Å². The number of amides is 1. The molecule has 1 aliphatic rings. The van der Waals surface area contributed by atoms with Crippen LogP contribution in [-0.4, -0.2) is 36.8 Å². The van der Waals surface area contributed by atoms with Crippen molar-refractivity contribution < 1.29 is 33.4 Å². The Morgan fingerprint density at radius 2 is 1.38 bits per heavy atom. The first-order valence-corrected chi connectivity index (χ1v) is 9.62. The van der Waals surface area contributed by atoms with Crippen LogP contribution in [0, 0.1) is 0 Å². The number of Topliss-reactive ketones (excluding diaryl/α,β-unsaturated/α-hetero) is 2. The van der Waals surface area contributed by atoms with Crippen LogP contribution in [-0.2, 0) is 9.53 Å². The molecule has 1 heterocycles. The zero-order valence-corrected chi connectivity index (χ0v) is 16.7. The highest BCUT2D eigenvalue weighted by Gasteiger charge is 2.19. The molecule has 160 valence electrons. The Labute approximate surface area is 182 Å². The van der Waals surface area contributed by atoms with Crippen LogP contribution in [0.2, 0.25) is 0 Å². The minimum absolute atomic E-state index is 0.120. The van der Waals surface area contributed by atoms with Crippen LogP contribution in [0.1, 0.15) is 31.1 Å². The third kappa shape index (κ3) is 4.65. The van der Waals surface area contributed by atoms with Gasteiger partial charge < -0.3 is 19.5 Å². The molecule has 1 aliphatic heterocycles. The highest BCUT2D eigenvalue weighted by molar-refractivity contribution is 6.49. The van der Waals surface area contributed by atoms with Gasteiger partial charge in [0, 0.05) is 22.9 Å². The Morgan fingerprint density at radius 3 is 2.09 bits per heavy atom. The van der Waals surface area contributed by atoms with Crippen LogP contribution < -0.4 is 14.8 Å². The molecule has 32 heavy (non-hydrogen) atoms. The van der Waals surface area contributed by atoms with E-state index in [1.807, 2.05) is 0 Å². The van der Waals surface area contributed by atoms with E-state index in [1.165, 1.54) is 24.3 Å². The van der Waals surface area contributed by atoms with Crippen LogP contribution in [0.5, 0.6) is 11.5 Å². The van der Waals surface area contributed by atoms with Crippen molar-refractivity contribution in [3.63, 3.8) is 0 Å². The second kappa shape index (κ2) is 9.13. The Bertz CT molecular complexity index is 1190. The average molecular weight is 431 g/mol. The number of esters is 1. The molecule has 4 rings (SSSR count). The fourth-order valence-electron chi connectivity index (χ4n) is 3.00. The summed E-state index contributed by atoms with van der Waals surface area (Å²) in [6.07, 6.45) is 0. The number of rotatable bonds is 7. The standard InChI is InChI=1S/C24H17NO7/c26-21(25-18-10-11-19-20(12-18)32-14-31-19)13-30-24(29)17-8-6-16(7-9-17)23(28)22(27)15-4-2-1-3-5-15/h1-12H,13-14H2,(H,25,26). The molecule has 0 spiro atoms. The van der Waals surface area contributed by atoms with Gasteiger partial charge in [-0.3, -0.25) is 14.4 Å². The number of hydrogen-bond acceptors (Lipinski definition) is 7. The lowest BCUT2D eigenvalue weighted by atomic mass is 10.0. The molecule has 8 nitrogen and oxygen atoms in total. The molecule has 3 aromatic rings. The summed E-state index contributed by atoms with van der Waals surface area (Å²) < 4.78 is 15.5. The maximum absolute atomic E-state index is 12.4. The molecule has 8 heteroatoms. The monoisotopic (exact) mass is 431 g/mol. The lowest BCUT2D eigenvalue weighted by Gasteiger charge is -2.08. The summed E-state index contributed by atoms with van der Waals surface area (Å²) in [5, 5.41) is 2.60. The topological polar surface area (TPSA) is 108 Å². The number of ether oxygens (including phenoxy) is 3. The van der Waals surface area contributed by atoms with E-state index in [4.69, 9.17) is 14.2 Å². The van der Waals surface area contributed by atoms with E-state index in [0.717, 1.165) is 0 Å². The highest BCUT2D eigenvalue weighted by atomic mass is 16.7. The lowest BCUT2D eigenvalue weighted by Crippen LogP contribution is -2.21. The normalized spacial score (nSPS) is 11.5. The van der Waals surface area contributed by atoms with Crippen molar-refractivity contribution >= 4 is 29.1 Å². The molecule has 0 unspecified atom stereocenters. The highest BCUT2D eigenvalue weighted by Crippen LogP contribution is 2.34. The first-order valence-electron chi connectivity index (χ1n) is 9.62. The van der Waals surface area contributed by atoms with Gasteiger partial charge in [-0.1, -0.05) is 42.5 Å². The number of hydrogen-bond donors (Lipinski definition) is 1. The molecule has 1 amide bonds. The second-order valence-electron chi connectivity index (χ2n) is 6.79. The molecule has 0 saturated heterocycles. The predicted octanol–water partition coefficient (Wildman–Crippen LogP) is 3.28. The van der Waals surface area contributed by atoms with E-state index in [-0.39, 0.29) is 23.5 Å². The molecular formula is C24H17NO7. The summed E-state index contributed by atoms with van der Waals surface area (Å²) in [5.41, 5.74) is 1.05. The van der Waals surface area contributed by atoms with Crippen molar-refractivity contribution in [1.29, 1.82) is 0 Å². The van der Waals surface area contributed by atoms with Gasteiger partial charge in [-0.05, 0) is 24.3 Å². The number of carbonyl (C=O) groups excluding carboxylic acids is 4. The van der Waals surface area contributed by atoms with Crippen molar-refractivity contribution in [1.82, 2.24) is 0 Å². The first kappa shape index (κ1) is 20.8. The predicted molar refractivity (Wildman–Crippen MR) is 113 cm³/mol. The van der Waals surface area contributed by atoms with E-state index in [1.54, 1.807) is 48.5 Å². The summed E-state index contributed by atoms with van der Waals surface area (Å²) in [7, 11) is 0. The minimum Gasteiger partial charge on any atom is -0.454 e. The van der Waals surface area contributed by atoms with Gasteiger partial charge in [0.1, 0.15) is 0 Å². The fourth-order valence-corrected chi connectivity index (χ4v) is 3.00. The maximum atomic E-state index is 12.4. The third-order valence-corrected chi connectivity index (χ3v) is 4.62. The Balaban J connectivity index is 1.31. The van der Waals surface area contributed by atoms with Crippen molar-refractivity contribution in [2.45, 2.75) is 0 Å². The fraction of sp³-hybridized carbons (Fsp3) is 0.0833. The number of carbonyl (C=O) groups is 4. The lowest BCUT2D eigenvalue weighted by molar-refractivity contribution is -0.119. The number of fused-ring (bicyclic) bond motifs is 1. The van der Waals surface area contributed by atoms with Gasteiger partial charge in [-0.15, -0.1) is 0 Å². The van der Waals surface area contributed by atoms with Crippen molar-refractivity contribution in [2.75, 3.05) is 18.7 Å². The molecule has 1 N–H and O–H groups in total. The Hall–Kier alpha value is -4.46. The first-order chi connectivity index (χ1) is 15.5. The van der Waals surface area contributed by atoms with Crippen LogP contribution in [0.4, 0.5) is 5.69 Å². The summed E-state index contributed by atoms with van der Waals surface area (Å²) >= 11 is 0. The summed E-state index contributed by atoms with van der Waals surface area (Å²) in [6, 6.07) is 18.6. The summed E-state index contributed by atoms with van der Waals surface area (Å²) in [5.74, 6) is -1.49. The molecule has 0 atom stereocenters. The van der Waals surface area contributed by atoms with Crippen LogP contribution in [0.3, 0.4) is 0 Å². The van der Waals surface area contributed by atoms with Gasteiger partial charge in [-0.25, -0.2) is 4.79 Å². The molecule has 0 fully saturated rings. The van der Waals surface area contributed by atoms with Gasteiger partial charge in [0.25, 0.3) is 5.91 Å². The molecule has 0 radical (unpaired) electrons. The Kier molecular flexibility index (Phi) is 5.94. The molecule has 0 aliphatic carbocycles. The zero-order chi connectivity index (χ0) is 22.5. The number of ketones is 2. The average Bonchev–Trinajstić information content (AvgIpc) is 3.30. The van der Waals surface area contributed by atoms with E-state index in [9.17, 15) is 19.2 Å². The van der Waals surface area contributed by atoms with E-state index < -0.39 is 30.0 Å². The molecule has 0 aromatic heterocycles. The Morgan fingerprint density at radius 1 is 0.750 bits per heavy atom. The van der Waals surface area contributed by atoms with Crippen molar-refractivity contribution in [3.05, 3.63) is 89.5 Å². The van der Waals surface area contributed by atoms with Crippen LogP contribution >= 0.6 is 0 Å². The van der Waals surface area contributed by atoms with Crippen LogP contribution in [0.15, 0.2) is 72.8 Å². The van der Waals surface area contributed by atoms with E-state index in [0.29, 0.717) is 17.2 Å². The van der Waals surface area contributed by atoms with Gasteiger partial charge in [-0.2, -0.15) is 0 Å². The van der Waals surface area contributed by atoms with E-state index in [2.05, 4.69) is 5.32 Å². The van der Waals surface area contributed by atoms with E-state index >= 15 is 0 Å². The number of benzene rings is 3. The van der Waals surface area contributed by atoms with Gasteiger partial charge in [0.2, 0.25) is 18.4 Å². The minimum atomic E-state index is -0.737. The molecule has 3 aromatic carbocycles. The SMILES string of the molecule is O=C(COC(=O)c1ccc(C(=O)C(=O)c2ccccc2)cc1)Nc1ccc2c(c1)OCO2. The second-order valence-corrected chi connectivity index (χ2v) is 6.79. The number of anilines is 1. The van der Waals surface area contributed by atoms with Gasteiger partial charge in [0.05, 0.1) is 5.56 Å². The summed E-state index contributed by atoms with van der Waals surface area (Å²) in [6.45, 7) is -0.379. The largest absolute Gasteiger partial charge is 0.454 e.